The summed E-state index contributed by atoms with van der Waals surface area (Å²) in [5.74, 6) is 0. The van der Waals surface area contributed by atoms with Crippen molar-refractivity contribution in [2.24, 2.45) is 0 Å². The summed E-state index contributed by atoms with van der Waals surface area (Å²) in [5.41, 5.74) is -0.404. The Morgan fingerprint density at radius 1 is 1.24 bits per heavy atom. The molecule has 0 amide bonds. The summed E-state index contributed by atoms with van der Waals surface area (Å²) in [6.45, 7) is 11.3. The van der Waals surface area contributed by atoms with Crippen LogP contribution in [0.3, 0.4) is 0 Å². The van der Waals surface area contributed by atoms with Crippen LogP contribution in [-0.2, 0) is 18.9 Å². The molecule has 1 unspecified atom stereocenters. The molecule has 2 bridgehead atoms. The van der Waals surface area contributed by atoms with Crippen LogP contribution < -0.4 is 0 Å². The highest BCUT2D eigenvalue weighted by Gasteiger charge is 2.61. The minimum Gasteiger partial charge on any atom is -0.376 e. The maximum absolute atomic E-state index is 6.04. The minimum absolute atomic E-state index is 0.00347. The molecular weight excluding hydrogens is 220 g/mol. The highest BCUT2D eigenvalue weighted by Crippen LogP contribution is 2.42. The summed E-state index contributed by atoms with van der Waals surface area (Å²) in [7, 11) is 0. The van der Waals surface area contributed by atoms with E-state index >= 15 is 0 Å². The number of hydrogen-bond donors (Lipinski definition) is 0. The van der Waals surface area contributed by atoms with E-state index in [1.807, 2.05) is 34.6 Å². The number of ether oxygens (including phenoxy) is 4. The fourth-order valence-electron chi connectivity index (χ4n) is 2.59. The van der Waals surface area contributed by atoms with Crippen LogP contribution >= 0.6 is 0 Å². The van der Waals surface area contributed by atoms with E-state index in [0.29, 0.717) is 13.2 Å². The molecule has 2 aliphatic heterocycles. The first-order valence-electron chi connectivity index (χ1n) is 6.51. The van der Waals surface area contributed by atoms with Gasteiger partial charge < -0.3 is 18.9 Å². The smallest absolute Gasteiger partial charge is 0.144 e. The Balaban J connectivity index is 2.07. The molecule has 2 aliphatic rings. The molecule has 4 heteroatoms. The monoisotopic (exact) mass is 244 g/mol. The first-order valence-corrected chi connectivity index (χ1v) is 6.51. The van der Waals surface area contributed by atoms with Crippen LogP contribution in [-0.4, -0.2) is 49.3 Å². The van der Waals surface area contributed by atoms with Crippen LogP contribution in [0.25, 0.3) is 0 Å². The molecule has 2 rings (SSSR count). The molecular formula is C13H24O4. The van der Waals surface area contributed by atoms with Gasteiger partial charge in [-0.15, -0.1) is 0 Å². The summed E-state index contributed by atoms with van der Waals surface area (Å²) in [6.07, 6.45) is 0.506. The van der Waals surface area contributed by atoms with Crippen molar-refractivity contribution in [2.75, 3.05) is 13.2 Å². The Morgan fingerprint density at radius 3 is 2.47 bits per heavy atom. The van der Waals surface area contributed by atoms with Crippen molar-refractivity contribution in [2.45, 2.75) is 70.7 Å². The van der Waals surface area contributed by atoms with Gasteiger partial charge in [0.15, 0.2) is 0 Å². The first kappa shape index (κ1) is 13.3. The van der Waals surface area contributed by atoms with E-state index < -0.39 is 5.60 Å². The molecule has 0 N–H and O–H groups in total. The van der Waals surface area contributed by atoms with Crippen LogP contribution in [0.5, 0.6) is 0 Å². The molecule has 17 heavy (non-hydrogen) atoms. The highest BCUT2D eigenvalue weighted by atomic mass is 16.7. The first-order chi connectivity index (χ1) is 7.94. The van der Waals surface area contributed by atoms with Crippen LogP contribution in [0.1, 0.15) is 34.6 Å². The third-order valence-electron chi connectivity index (χ3n) is 3.30. The number of rotatable bonds is 5. The third kappa shape index (κ3) is 2.50. The fourth-order valence-corrected chi connectivity index (χ4v) is 2.59. The maximum Gasteiger partial charge on any atom is 0.144 e. The molecule has 4 atom stereocenters. The molecule has 0 aromatic rings. The second-order valence-electron chi connectivity index (χ2n) is 5.63. The topological polar surface area (TPSA) is 36.9 Å². The van der Waals surface area contributed by atoms with Crippen LogP contribution in [0, 0.1) is 0 Å². The molecule has 0 aromatic carbocycles. The van der Waals surface area contributed by atoms with Crippen molar-refractivity contribution in [3.63, 3.8) is 0 Å². The third-order valence-corrected chi connectivity index (χ3v) is 3.30. The van der Waals surface area contributed by atoms with Gasteiger partial charge in [0.05, 0.1) is 31.5 Å². The molecule has 0 radical (unpaired) electrons. The van der Waals surface area contributed by atoms with Gasteiger partial charge in [-0.2, -0.15) is 0 Å². The number of hydrogen-bond acceptors (Lipinski definition) is 4. The summed E-state index contributed by atoms with van der Waals surface area (Å²) >= 11 is 0. The van der Waals surface area contributed by atoms with E-state index in [4.69, 9.17) is 18.9 Å². The largest absolute Gasteiger partial charge is 0.376 e. The van der Waals surface area contributed by atoms with E-state index in [0.717, 1.165) is 0 Å². The normalized spacial score (nSPS) is 40.8. The Morgan fingerprint density at radius 2 is 1.94 bits per heavy atom. The highest BCUT2D eigenvalue weighted by molar-refractivity contribution is 5.08. The van der Waals surface area contributed by atoms with Gasteiger partial charge >= 0.3 is 0 Å². The van der Waals surface area contributed by atoms with Crippen molar-refractivity contribution in [3.05, 3.63) is 0 Å². The van der Waals surface area contributed by atoms with Crippen molar-refractivity contribution in [1.82, 2.24) is 0 Å². The predicted molar refractivity (Wildman–Crippen MR) is 64.1 cm³/mol. The van der Waals surface area contributed by atoms with Gasteiger partial charge in [-0.1, -0.05) is 0 Å². The van der Waals surface area contributed by atoms with Gasteiger partial charge in [0.25, 0.3) is 0 Å². The standard InChI is InChI=1S/C13H24O4/c1-8(2)14-6-13-7-15-11(10(5)17-13)12(13)16-9(3)4/h8-12H,6-7H2,1-5H3/t10-,11-,12-,13?/m0/s1. The Hall–Kier alpha value is -0.160. The predicted octanol–water partition coefficient (Wildman–Crippen LogP) is 1.76. The minimum atomic E-state index is -0.404. The molecule has 0 saturated carbocycles. The fraction of sp³-hybridized carbons (Fsp3) is 1.00. The average molecular weight is 244 g/mol. The van der Waals surface area contributed by atoms with E-state index in [1.165, 1.54) is 0 Å². The van der Waals surface area contributed by atoms with Gasteiger partial charge in [-0.3, -0.25) is 0 Å². The Labute approximate surface area is 104 Å². The quantitative estimate of drug-likeness (QED) is 0.738. The van der Waals surface area contributed by atoms with Crippen LogP contribution in [0.4, 0.5) is 0 Å². The van der Waals surface area contributed by atoms with E-state index in [9.17, 15) is 0 Å². The molecule has 2 saturated heterocycles. The molecule has 0 spiro atoms. The second-order valence-corrected chi connectivity index (χ2v) is 5.63. The van der Waals surface area contributed by atoms with Gasteiger partial charge in [0.2, 0.25) is 0 Å². The zero-order valence-electron chi connectivity index (χ0n) is 11.4. The second kappa shape index (κ2) is 4.84. The van der Waals surface area contributed by atoms with Crippen molar-refractivity contribution >= 4 is 0 Å². The zero-order chi connectivity index (χ0) is 12.6. The van der Waals surface area contributed by atoms with E-state index in [-0.39, 0.29) is 30.5 Å². The lowest BCUT2D eigenvalue weighted by Crippen LogP contribution is -2.47. The molecule has 0 aromatic heterocycles. The Bertz CT molecular complexity index is 266. The van der Waals surface area contributed by atoms with Crippen LogP contribution in [0.2, 0.25) is 0 Å². The van der Waals surface area contributed by atoms with Gasteiger partial charge in [-0.05, 0) is 34.6 Å². The maximum atomic E-state index is 6.04. The van der Waals surface area contributed by atoms with Crippen molar-refractivity contribution in [3.8, 4) is 0 Å². The van der Waals surface area contributed by atoms with E-state index in [1.54, 1.807) is 0 Å². The van der Waals surface area contributed by atoms with Gasteiger partial charge in [0, 0.05) is 0 Å². The van der Waals surface area contributed by atoms with Gasteiger partial charge in [0.1, 0.15) is 17.8 Å². The summed E-state index contributed by atoms with van der Waals surface area (Å²) in [6, 6.07) is 0. The van der Waals surface area contributed by atoms with Crippen molar-refractivity contribution in [1.29, 1.82) is 0 Å². The summed E-state index contributed by atoms with van der Waals surface area (Å²) < 4.78 is 23.5. The molecule has 2 fully saturated rings. The van der Waals surface area contributed by atoms with E-state index in [2.05, 4.69) is 0 Å². The molecule has 100 valence electrons. The number of fused-ring (bicyclic) bond motifs is 2. The average Bonchev–Trinajstić information content (AvgIpc) is 2.67. The zero-order valence-corrected chi connectivity index (χ0v) is 11.4. The lowest BCUT2D eigenvalue weighted by Gasteiger charge is -2.31. The lowest BCUT2D eigenvalue weighted by atomic mass is 9.99. The summed E-state index contributed by atoms with van der Waals surface area (Å²) in [4.78, 5) is 0. The molecule has 2 heterocycles. The SMILES string of the molecule is CC(C)OCC12CO[C@@H]([C@H](C)O1)[C@@H]2OC(C)C. The van der Waals surface area contributed by atoms with Crippen LogP contribution in [0.15, 0.2) is 0 Å². The molecule has 0 aliphatic carbocycles. The van der Waals surface area contributed by atoms with Crippen molar-refractivity contribution < 1.29 is 18.9 Å². The van der Waals surface area contributed by atoms with Gasteiger partial charge in [-0.25, -0.2) is 0 Å². The summed E-state index contributed by atoms with van der Waals surface area (Å²) in [5, 5.41) is 0. The Kier molecular flexibility index (Phi) is 3.78. The lowest BCUT2D eigenvalue weighted by molar-refractivity contribution is -0.174. The molecule has 4 nitrogen and oxygen atoms in total.